The van der Waals surface area contributed by atoms with E-state index in [2.05, 4.69) is 33.9 Å². The number of hydrogen-bond donors (Lipinski definition) is 0. The molecule has 7 nitrogen and oxygen atoms in total. The van der Waals surface area contributed by atoms with Gasteiger partial charge in [0.05, 0.1) is 12.4 Å². The summed E-state index contributed by atoms with van der Waals surface area (Å²) in [5.41, 5.74) is 1.18. The summed E-state index contributed by atoms with van der Waals surface area (Å²) in [6, 6.07) is 0. The van der Waals surface area contributed by atoms with Crippen LogP contribution in [-0.2, 0) is 21.2 Å². The van der Waals surface area contributed by atoms with Gasteiger partial charge < -0.3 is 9.64 Å². The highest BCUT2D eigenvalue weighted by atomic mass is 32.2. The lowest BCUT2D eigenvalue weighted by Crippen LogP contribution is -2.41. The molecule has 0 amide bonds. The van der Waals surface area contributed by atoms with Gasteiger partial charge in [-0.3, -0.25) is 0 Å². The Kier molecular flexibility index (Phi) is 8.41. The van der Waals surface area contributed by atoms with Gasteiger partial charge in [0.1, 0.15) is 0 Å². The van der Waals surface area contributed by atoms with Crippen LogP contribution in [0.2, 0.25) is 0 Å². The minimum Gasteiger partial charge on any atom is -0.381 e. The van der Waals surface area contributed by atoms with Gasteiger partial charge in [0.15, 0.2) is 0 Å². The smallest absolute Gasteiger partial charge is 0.225 e. The van der Waals surface area contributed by atoms with E-state index in [1.807, 2.05) is 19.3 Å². The van der Waals surface area contributed by atoms with Gasteiger partial charge in [-0.2, -0.15) is 0 Å². The van der Waals surface area contributed by atoms with E-state index in [0.29, 0.717) is 43.2 Å². The molecule has 3 aliphatic rings. The molecule has 1 aromatic heterocycles. The van der Waals surface area contributed by atoms with Crippen molar-refractivity contribution in [3.63, 3.8) is 0 Å². The fourth-order valence-corrected chi connectivity index (χ4v) is 6.90. The van der Waals surface area contributed by atoms with Gasteiger partial charge in [-0.15, -0.1) is 0 Å². The van der Waals surface area contributed by atoms with Crippen molar-refractivity contribution in [1.82, 2.24) is 14.3 Å². The SMILES string of the molecule is CCCS(=O)(=O)N1CCC(COCC2C=CC2C2CCN(c3ncc(CC)cn3)CC2)CC1. The first-order valence-electron chi connectivity index (χ1n) is 12.8. The van der Waals surface area contributed by atoms with Crippen molar-refractivity contribution in [2.45, 2.75) is 52.4 Å². The molecule has 2 atom stereocenters. The van der Waals surface area contributed by atoms with Crippen molar-refractivity contribution in [3.05, 3.63) is 30.1 Å². The molecule has 184 valence electrons. The maximum absolute atomic E-state index is 12.2. The number of hydrogen-bond acceptors (Lipinski definition) is 6. The molecule has 2 aliphatic heterocycles. The summed E-state index contributed by atoms with van der Waals surface area (Å²) in [4.78, 5) is 11.4. The van der Waals surface area contributed by atoms with Crippen molar-refractivity contribution in [2.24, 2.45) is 23.7 Å². The number of aromatic nitrogens is 2. The quantitative estimate of drug-likeness (QED) is 0.481. The number of anilines is 1. The van der Waals surface area contributed by atoms with Crippen LogP contribution in [0.5, 0.6) is 0 Å². The standard InChI is InChI=1S/C25H40N4O3S/c1-3-15-33(30,31)29-13-7-21(8-14-29)18-32-19-23-5-6-24(23)22-9-11-28(12-10-22)25-26-16-20(4-2)17-27-25/h5-6,16-17,21-24H,3-4,7-15,18-19H2,1-2H3. The number of sulfonamides is 1. The summed E-state index contributed by atoms with van der Waals surface area (Å²) in [6.07, 6.45) is 14.4. The van der Waals surface area contributed by atoms with E-state index in [4.69, 9.17) is 4.74 Å². The van der Waals surface area contributed by atoms with Crippen LogP contribution in [0.25, 0.3) is 0 Å². The molecule has 0 saturated carbocycles. The molecule has 0 spiro atoms. The minimum absolute atomic E-state index is 0.265. The summed E-state index contributed by atoms with van der Waals surface area (Å²) >= 11 is 0. The molecule has 4 rings (SSSR count). The third-order valence-electron chi connectivity index (χ3n) is 7.63. The molecule has 0 radical (unpaired) electrons. The Balaban J connectivity index is 1.14. The predicted molar refractivity (Wildman–Crippen MR) is 132 cm³/mol. The maximum Gasteiger partial charge on any atom is 0.225 e. The van der Waals surface area contributed by atoms with Crippen molar-refractivity contribution in [1.29, 1.82) is 0 Å². The number of ether oxygens (including phenoxy) is 1. The maximum atomic E-state index is 12.2. The van der Waals surface area contributed by atoms with Crippen molar-refractivity contribution < 1.29 is 13.2 Å². The van der Waals surface area contributed by atoms with Gasteiger partial charge in [-0.1, -0.05) is 26.0 Å². The largest absolute Gasteiger partial charge is 0.381 e. The van der Waals surface area contributed by atoms with Gasteiger partial charge in [0.25, 0.3) is 0 Å². The minimum atomic E-state index is -3.06. The van der Waals surface area contributed by atoms with Crippen molar-refractivity contribution in [3.8, 4) is 0 Å². The van der Waals surface area contributed by atoms with Crippen LogP contribution in [0.1, 0.15) is 51.5 Å². The molecular formula is C25H40N4O3S. The monoisotopic (exact) mass is 476 g/mol. The highest BCUT2D eigenvalue weighted by Gasteiger charge is 2.35. The average molecular weight is 477 g/mol. The van der Waals surface area contributed by atoms with Crippen LogP contribution >= 0.6 is 0 Å². The second kappa shape index (κ2) is 11.3. The predicted octanol–water partition coefficient (Wildman–Crippen LogP) is 3.53. The second-order valence-electron chi connectivity index (χ2n) is 9.89. The van der Waals surface area contributed by atoms with E-state index in [1.165, 1.54) is 18.4 Å². The van der Waals surface area contributed by atoms with Crippen LogP contribution < -0.4 is 4.90 Å². The van der Waals surface area contributed by atoms with E-state index in [1.54, 1.807) is 4.31 Å². The van der Waals surface area contributed by atoms with Crippen LogP contribution in [0.3, 0.4) is 0 Å². The molecule has 8 heteroatoms. The Morgan fingerprint density at radius 1 is 0.970 bits per heavy atom. The lowest BCUT2D eigenvalue weighted by molar-refractivity contribution is 0.0434. The van der Waals surface area contributed by atoms with E-state index in [0.717, 1.165) is 51.5 Å². The summed E-state index contributed by atoms with van der Waals surface area (Å²) in [5.74, 6) is 3.46. The van der Waals surface area contributed by atoms with Gasteiger partial charge >= 0.3 is 0 Å². The number of allylic oxidation sites excluding steroid dienone is 1. The number of piperidine rings is 2. The van der Waals surface area contributed by atoms with Crippen LogP contribution in [0.15, 0.2) is 24.5 Å². The van der Waals surface area contributed by atoms with E-state index in [-0.39, 0.29) is 5.75 Å². The number of aryl methyl sites for hydroxylation is 1. The third kappa shape index (κ3) is 6.14. The number of rotatable bonds is 10. The van der Waals surface area contributed by atoms with E-state index in [9.17, 15) is 8.42 Å². The van der Waals surface area contributed by atoms with Crippen molar-refractivity contribution >= 4 is 16.0 Å². The molecule has 2 fully saturated rings. The second-order valence-corrected chi connectivity index (χ2v) is 12.0. The highest BCUT2D eigenvalue weighted by Crippen LogP contribution is 2.38. The summed E-state index contributed by atoms with van der Waals surface area (Å²) in [6.45, 7) is 8.92. The van der Waals surface area contributed by atoms with Gasteiger partial charge in [0, 0.05) is 51.1 Å². The molecule has 0 aromatic carbocycles. The summed E-state index contributed by atoms with van der Waals surface area (Å²) in [5, 5.41) is 0. The van der Waals surface area contributed by atoms with E-state index >= 15 is 0 Å². The average Bonchev–Trinajstić information content (AvgIpc) is 2.82. The summed E-state index contributed by atoms with van der Waals surface area (Å²) in [7, 11) is -3.06. The zero-order chi connectivity index (χ0) is 23.3. The van der Waals surface area contributed by atoms with E-state index < -0.39 is 10.0 Å². The Labute approximate surface area is 199 Å². The first-order chi connectivity index (χ1) is 16.0. The first kappa shape index (κ1) is 24.6. The van der Waals surface area contributed by atoms with Crippen molar-refractivity contribution in [2.75, 3.05) is 50.0 Å². The van der Waals surface area contributed by atoms with Gasteiger partial charge in [-0.25, -0.2) is 22.7 Å². The Hall–Kier alpha value is -1.51. The normalized spacial score (nSPS) is 25.3. The third-order valence-corrected chi connectivity index (χ3v) is 9.71. The molecule has 1 aromatic rings. The number of nitrogens with zero attached hydrogens (tertiary/aromatic N) is 4. The molecule has 0 N–H and O–H groups in total. The zero-order valence-corrected chi connectivity index (χ0v) is 21.0. The topological polar surface area (TPSA) is 75.6 Å². The van der Waals surface area contributed by atoms with Crippen LogP contribution in [0.4, 0.5) is 5.95 Å². The fourth-order valence-electron chi connectivity index (χ4n) is 5.36. The van der Waals surface area contributed by atoms with Crippen LogP contribution in [0, 0.1) is 23.7 Å². The lowest BCUT2D eigenvalue weighted by Gasteiger charge is -2.41. The molecule has 1 aliphatic carbocycles. The molecule has 0 bridgehead atoms. The Morgan fingerprint density at radius 3 is 2.24 bits per heavy atom. The lowest BCUT2D eigenvalue weighted by atomic mass is 9.71. The highest BCUT2D eigenvalue weighted by molar-refractivity contribution is 7.89. The Morgan fingerprint density at radius 2 is 1.67 bits per heavy atom. The molecule has 2 unspecified atom stereocenters. The summed E-state index contributed by atoms with van der Waals surface area (Å²) < 4.78 is 32.3. The first-order valence-corrected chi connectivity index (χ1v) is 14.4. The van der Waals surface area contributed by atoms with Gasteiger partial charge in [0.2, 0.25) is 16.0 Å². The molecule has 33 heavy (non-hydrogen) atoms. The molecule has 3 heterocycles. The molecule has 2 saturated heterocycles. The van der Waals surface area contributed by atoms with Gasteiger partial charge in [-0.05, 0) is 61.8 Å². The molecular weight excluding hydrogens is 436 g/mol. The fraction of sp³-hybridized carbons (Fsp3) is 0.760. The zero-order valence-electron chi connectivity index (χ0n) is 20.2. The Bertz CT molecular complexity index is 873. The van der Waals surface area contributed by atoms with Crippen LogP contribution in [-0.4, -0.2) is 67.8 Å².